The third-order valence-electron chi connectivity index (χ3n) is 6.91. The Morgan fingerprint density at radius 3 is 2.15 bits per heavy atom. The summed E-state index contributed by atoms with van der Waals surface area (Å²) < 4.78 is 11.0. The maximum atomic E-state index is 14.1. The fourth-order valence-corrected chi connectivity index (χ4v) is 5.46. The fraction of sp³-hybridized carbons (Fsp3) is 0.667. The van der Waals surface area contributed by atoms with Gasteiger partial charge < -0.3 is 24.6 Å². The van der Waals surface area contributed by atoms with Gasteiger partial charge in [0.2, 0.25) is 11.8 Å². The van der Waals surface area contributed by atoms with Crippen molar-refractivity contribution in [2.75, 3.05) is 19.6 Å². The van der Waals surface area contributed by atoms with E-state index in [1.54, 1.807) is 41.5 Å². The Balaban J connectivity index is 1.98. The molecule has 9 nitrogen and oxygen atoms in total. The van der Waals surface area contributed by atoms with Crippen molar-refractivity contribution in [3.63, 3.8) is 0 Å². The van der Waals surface area contributed by atoms with Gasteiger partial charge in [0, 0.05) is 13.1 Å². The van der Waals surface area contributed by atoms with Gasteiger partial charge in [-0.3, -0.25) is 9.59 Å². The summed E-state index contributed by atoms with van der Waals surface area (Å²) in [5.41, 5.74) is -0.760. The summed E-state index contributed by atoms with van der Waals surface area (Å²) in [4.78, 5) is 56.9. The molecule has 2 aliphatic rings. The lowest BCUT2D eigenvalue weighted by atomic mass is 9.83. The predicted octanol–water partition coefficient (Wildman–Crippen LogP) is 4.46. The van der Waals surface area contributed by atoms with E-state index in [1.807, 2.05) is 35.2 Å². The van der Waals surface area contributed by atoms with Crippen LogP contribution in [0.2, 0.25) is 0 Å². The highest BCUT2D eigenvalue weighted by Gasteiger charge is 2.52. The first-order valence-electron chi connectivity index (χ1n) is 13.8. The van der Waals surface area contributed by atoms with E-state index >= 15 is 0 Å². The molecule has 0 saturated carbocycles. The summed E-state index contributed by atoms with van der Waals surface area (Å²) in [5.74, 6) is -1.76. The molecular weight excluding hydrogens is 498 g/mol. The zero-order valence-corrected chi connectivity index (χ0v) is 24.7. The molecule has 3 rings (SSSR count). The molecule has 0 bridgehead atoms. The molecule has 1 aromatic carbocycles. The number of rotatable bonds is 5. The van der Waals surface area contributed by atoms with E-state index in [2.05, 4.69) is 19.2 Å². The first-order valence-corrected chi connectivity index (χ1v) is 13.8. The lowest BCUT2D eigenvalue weighted by Crippen LogP contribution is -2.49. The van der Waals surface area contributed by atoms with Crippen LogP contribution in [0.3, 0.4) is 0 Å². The van der Waals surface area contributed by atoms with E-state index < -0.39 is 47.2 Å². The number of nitrogens with zero attached hydrogens (tertiary/aromatic N) is 2. The van der Waals surface area contributed by atoms with Gasteiger partial charge >= 0.3 is 12.1 Å². The van der Waals surface area contributed by atoms with Gasteiger partial charge in [0.25, 0.3) is 0 Å². The molecule has 2 aliphatic heterocycles. The number of carbonyl (C=O) groups excluding carboxylic acids is 4. The molecule has 0 radical (unpaired) electrons. The Bertz CT molecular complexity index is 1060. The van der Waals surface area contributed by atoms with Crippen LogP contribution in [-0.2, 0) is 23.9 Å². The fourth-order valence-electron chi connectivity index (χ4n) is 5.46. The number of likely N-dealkylation sites (tertiary alicyclic amines) is 2. The lowest BCUT2D eigenvalue weighted by Gasteiger charge is -2.40. The monoisotopic (exact) mass is 543 g/mol. The highest BCUT2D eigenvalue weighted by atomic mass is 16.6. The van der Waals surface area contributed by atoms with Crippen LogP contribution in [0.4, 0.5) is 4.79 Å². The molecule has 2 heterocycles. The van der Waals surface area contributed by atoms with Crippen LogP contribution in [0, 0.1) is 11.3 Å². The number of amides is 3. The molecule has 2 fully saturated rings. The quantitative estimate of drug-likeness (QED) is 0.550. The zero-order valence-electron chi connectivity index (χ0n) is 24.7. The van der Waals surface area contributed by atoms with Gasteiger partial charge in [-0.05, 0) is 71.8 Å². The van der Waals surface area contributed by atoms with E-state index in [-0.39, 0.29) is 24.3 Å². The van der Waals surface area contributed by atoms with Crippen molar-refractivity contribution >= 4 is 23.9 Å². The molecule has 1 N–H and O–H groups in total. The van der Waals surface area contributed by atoms with Gasteiger partial charge in [-0.15, -0.1) is 0 Å². The molecule has 39 heavy (non-hydrogen) atoms. The minimum Gasteiger partial charge on any atom is -0.458 e. The minimum atomic E-state index is -0.978. The second-order valence-corrected chi connectivity index (χ2v) is 13.4. The molecule has 3 amide bonds. The Morgan fingerprint density at radius 2 is 1.59 bits per heavy atom. The maximum Gasteiger partial charge on any atom is 0.408 e. The molecule has 9 heteroatoms. The number of hydrogen-bond acceptors (Lipinski definition) is 6. The van der Waals surface area contributed by atoms with Crippen LogP contribution in [0.25, 0.3) is 0 Å². The molecule has 216 valence electrons. The van der Waals surface area contributed by atoms with Crippen molar-refractivity contribution < 1.29 is 28.7 Å². The molecule has 2 saturated heterocycles. The van der Waals surface area contributed by atoms with Gasteiger partial charge in [0.1, 0.15) is 23.8 Å². The SMILES string of the molecule is CC1(C)CCCN(C(=O)C2CC(C(=O)OC(C)(C)C)N(C(=O)CNC(=O)OC(C)(C)C)C2c2ccccc2)C1. The Morgan fingerprint density at radius 1 is 0.974 bits per heavy atom. The molecule has 0 aromatic heterocycles. The highest BCUT2D eigenvalue weighted by molar-refractivity contribution is 5.91. The molecule has 3 unspecified atom stereocenters. The number of carbonyl (C=O) groups is 4. The summed E-state index contributed by atoms with van der Waals surface area (Å²) in [6.07, 6.45) is 1.34. The first-order chi connectivity index (χ1) is 18.0. The molecular formula is C30H45N3O6. The summed E-state index contributed by atoms with van der Waals surface area (Å²) in [7, 11) is 0. The van der Waals surface area contributed by atoms with Gasteiger partial charge in [-0.1, -0.05) is 44.2 Å². The van der Waals surface area contributed by atoms with Gasteiger partial charge in [0.15, 0.2) is 0 Å². The van der Waals surface area contributed by atoms with E-state index in [4.69, 9.17) is 9.47 Å². The van der Waals surface area contributed by atoms with Crippen LogP contribution >= 0.6 is 0 Å². The van der Waals surface area contributed by atoms with Gasteiger partial charge in [-0.2, -0.15) is 0 Å². The zero-order chi connectivity index (χ0) is 29.2. The van der Waals surface area contributed by atoms with Crippen LogP contribution in [-0.4, -0.2) is 70.6 Å². The highest BCUT2D eigenvalue weighted by Crippen LogP contribution is 2.44. The second kappa shape index (κ2) is 11.6. The number of ether oxygens (including phenoxy) is 2. The lowest BCUT2D eigenvalue weighted by molar-refractivity contribution is -0.164. The van der Waals surface area contributed by atoms with Crippen molar-refractivity contribution in [2.45, 2.75) is 97.9 Å². The van der Waals surface area contributed by atoms with Crippen molar-refractivity contribution in [3.8, 4) is 0 Å². The van der Waals surface area contributed by atoms with Crippen molar-refractivity contribution in [2.24, 2.45) is 11.3 Å². The minimum absolute atomic E-state index is 0.00777. The molecule has 1 aromatic rings. The second-order valence-electron chi connectivity index (χ2n) is 13.4. The van der Waals surface area contributed by atoms with Crippen molar-refractivity contribution in [1.29, 1.82) is 0 Å². The number of nitrogens with one attached hydrogen (secondary N) is 1. The number of piperidine rings is 1. The normalized spacial score (nSPS) is 23.2. The van der Waals surface area contributed by atoms with E-state index in [0.29, 0.717) is 13.1 Å². The number of benzene rings is 1. The predicted molar refractivity (Wildman–Crippen MR) is 148 cm³/mol. The van der Waals surface area contributed by atoms with Crippen LogP contribution in [0.1, 0.15) is 86.3 Å². The van der Waals surface area contributed by atoms with E-state index in [0.717, 1.165) is 18.4 Å². The largest absolute Gasteiger partial charge is 0.458 e. The Hall–Kier alpha value is -3.10. The third-order valence-corrected chi connectivity index (χ3v) is 6.91. The number of esters is 1. The summed E-state index contributed by atoms with van der Waals surface area (Å²) in [6, 6.07) is 7.63. The van der Waals surface area contributed by atoms with Gasteiger partial charge in [-0.25, -0.2) is 9.59 Å². The number of alkyl carbamates (subject to hydrolysis) is 1. The Kier molecular flexibility index (Phi) is 9.02. The average molecular weight is 544 g/mol. The standard InChI is InChI=1S/C30H45N3O6/c1-28(2,3)38-26(36)22-17-21(25(35)32-16-12-15-30(7,8)19-32)24(20-13-10-9-11-14-20)33(22)23(34)18-31-27(37)39-29(4,5)6/h9-11,13-14,21-22,24H,12,15-19H2,1-8H3,(H,31,37). The maximum absolute atomic E-state index is 14.1. The van der Waals surface area contributed by atoms with Crippen molar-refractivity contribution in [1.82, 2.24) is 15.1 Å². The molecule has 0 aliphatic carbocycles. The van der Waals surface area contributed by atoms with Crippen LogP contribution in [0.15, 0.2) is 30.3 Å². The summed E-state index contributed by atoms with van der Waals surface area (Å²) in [5, 5.41) is 2.51. The van der Waals surface area contributed by atoms with Crippen LogP contribution < -0.4 is 5.32 Å². The third kappa shape index (κ3) is 8.19. The first kappa shape index (κ1) is 30.4. The average Bonchev–Trinajstić information content (AvgIpc) is 3.21. The van der Waals surface area contributed by atoms with E-state index in [9.17, 15) is 19.2 Å². The number of hydrogen-bond donors (Lipinski definition) is 1. The summed E-state index contributed by atoms with van der Waals surface area (Å²) >= 11 is 0. The summed E-state index contributed by atoms with van der Waals surface area (Å²) in [6.45, 7) is 15.7. The van der Waals surface area contributed by atoms with Crippen LogP contribution in [0.5, 0.6) is 0 Å². The smallest absolute Gasteiger partial charge is 0.408 e. The molecule has 3 atom stereocenters. The van der Waals surface area contributed by atoms with Crippen molar-refractivity contribution in [3.05, 3.63) is 35.9 Å². The van der Waals surface area contributed by atoms with E-state index in [1.165, 1.54) is 4.90 Å². The Labute approximate surface area is 232 Å². The topological polar surface area (TPSA) is 105 Å². The van der Waals surface area contributed by atoms with Gasteiger partial charge in [0.05, 0.1) is 12.0 Å². The molecule has 0 spiro atoms.